The highest BCUT2D eigenvalue weighted by atomic mass is 35.5. The minimum absolute atomic E-state index is 0.159. The van der Waals surface area contributed by atoms with Gasteiger partial charge in [0.2, 0.25) is 0 Å². The number of hydrogen-bond acceptors (Lipinski definition) is 6. The van der Waals surface area contributed by atoms with E-state index in [0.29, 0.717) is 17.2 Å². The fraction of sp³-hybridized carbons (Fsp3) is 0.514. The van der Waals surface area contributed by atoms with Gasteiger partial charge in [-0.2, -0.15) is 0 Å². The van der Waals surface area contributed by atoms with E-state index in [-0.39, 0.29) is 24.1 Å². The van der Waals surface area contributed by atoms with Gasteiger partial charge in [-0.25, -0.2) is 0 Å². The molecule has 46 heavy (non-hydrogen) atoms. The molecular weight excluding hydrogens is 598 g/mol. The molecular formula is C37H50ClN5O3. The molecule has 3 heterocycles. The largest absolute Gasteiger partial charge is 0.380 e. The number of nitrogens with zero attached hydrogens (tertiary/aromatic N) is 3. The third-order valence-corrected chi connectivity index (χ3v) is 10.3. The van der Waals surface area contributed by atoms with Crippen molar-refractivity contribution in [3.05, 3.63) is 85.3 Å². The first-order valence-electron chi connectivity index (χ1n) is 16.7. The van der Waals surface area contributed by atoms with E-state index in [9.17, 15) is 9.59 Å². The van der Waals surface area contributed by atoms with Gasteiger partial charge < -0.3 is 24.8 Å². The molecule has 5 rings (SSSR count). The molecule has 1 aromatic heterocycles. The molecule has 1 unspecified atom stereocenters. The SMILES string of the molecule is CCN(c1cc(-c2ccc(CN3CCCC(OC)C3)c(Cl)c2)cc(C(=O)NCc2c(C)cc(C)[nH]c2=O)c1C)C1CCN(C)CC1. The van der Waals surface area contributed by atoms with E-state index in [1.54, 1.807) is 7.11 Å². The van der Waals surface area contributed by atoms with Crippen LogP contribution < -0.4 is 15.8 Å². The van der Waals surface area contributed by atoms with Gasteiger partial charge in [0.05, 0.1) is 6.10 Å². The molecule has 1 atom stereocenters. The summed E-state index contributed by atoms with van der Waals surface area (Å²) in [5.41, 5.74) is 7.72. The van der Waals surface area contributed by atoms with Crippen molar-refractivity contribution >= 4 is 23.2 Å². The minimum Gasteiger partial charge on any atom is -0.380 e. The van der Waals surface area contributed by atoms with Gasteiger partial charge in [-0.15, -0.1) is 0 Å². The lowest BCUT2D eigenvalue weighted by atomic mass is 9.94. The first-order valence-corrected chi connectivity index (χ1v) is 17.1. The summed E-state index contributed by atoms with van der Waals surface area (Å²) < 4.78 is 5.62. The number of aromatic nitrogens is 1. The Morgan fingerprint density at radius 3 is 2.50 bits per heavy atom. The van der Waals surface area contributed by atoms with Crippen molar-refractivity contribution in [2.45, 2.75) is 78.6 Å². The van der Waals surface area contributed by atoms with Crippen molar-refractivity contribution in [2.75, 3.05) is 51.8 Å². The number of carbonyl (C=O) groups is 1. The highest BCUT2D eigenvalue weighted by molar-refractivity contribution is 6.31. The second kappa shape index (κ2) is 15.2. The van der Waals surface area contributed by atoms with Crippen LogP contribution in [0.25, 0.3) is 11.1 Å². The number of hydrogen-bond donors (Lipinski definition) is 2. The van der Waals surface area contributed by atoms with Gasteiger partial charge in [0, 0.05) is 66.9 Å². The van der Waals surface area contributed by atoms with Crippen LogP contribution in [0.1, 0.15) is 70.9 Å². The van der Waals surface area contributed by atoms with Crippen molar-refractivity contribution in [3.63, 3.8) is 0 Å². The second-order valence-electron chi connectivity index (χ2n) is 13.2. The van der Waals surface area contributed by atoms with Crippen molar-refractivity contribution < 1.29 is 9.53 Å². The molecule has 2 aliphatic heterocycles. The molecule has 0 radical (unpaired) electrons. The summed E-state index contributed by atoms with van der Waals surface area (Å²) in [5.74, 6) is -0.195. The van der Waals surface area contributed by atoms with Crippen molar-refractivity contribution in [1.29, 1.82) is 0 Å². The summed E-state index contributed by atoms with van der Waals surface area (Å²) in [5, 5.41) is 3.78. The van der Waals surface area contributed by atoms with Crippen LogP contribution in [0.15, 0.2) is 41.2 Å². The van der Waals surface area contributed by atoms with Gasteiger partial charge in [0.25, 0.3) is 11.5 Å². The highest BCUT2D eigenvalue weighted by Gasteiger charge is 2.26. The van der Waals surface area contributed by atoms with Crippen LogP contribution in [0, 0.1) is 20.8 Å². The number of likely N-dealkylation sites (tertiary alicyclic amines) is 2. The van der Waals surface area contributed by atoms with E-state index >= 15 is 0 Å². The number of benzene rings is 2. The quantitative estimate of drug-likeness (QED) is 0.278. The Hall–Kier alpha value is -3.17. The third kappa shape index (κ3) is 7.85. The first-order chi connectivity index (χ1) is 22.1. The Bertz CT molecular complexity index is 1600. The Balaban J connectivity index is 1.48. The van der Waals surface area contributed by atoms with E-state index in [1.165, 1.54) is 0 Å². The first kappa shape index (κ1) is 34.2. The molecule has 8 nitrogen and oxygen atoms in total. The zero-order chi connectivity index (χ0) is 33.0. The number of pyridine rings is 1. The molecule has 248 valence electrons. The molecule has 0 aliphatic carbocycles. The van der Waals surface area contributed by atoms with Crippen LogP contribution in [-0.4, -0.2) is 79.7 Å². The van der Waals surface area contributed by atoms with Gasteiger partial charge in [0.15, 0.2) is 0 Å². The van der Waals surface area contributed by atoms with Crippen molar-refractivity contribution in [1.82, 2.24) is 20.1 Å². The maximum atomic E-state index is 13.9. The fourth-order valence-electron chi connectivity index (χ4n) is 7.14. The number of anilines is 1. The number of carbonyl (C=O) groups excluding carboxylic acids is 1. The molecule has 3 aromatic rings. The predicted molar refractivity (Wildman–Crippen MR) is 188 cm³/mol. The number of aryl methyl sites for hydroxylation is 2. The molecule has 2 aromatic carbocycles. The summed E-state index contributed by atoms with van der Waals surface area (Å²) >= 11 is 6.94. The number of ether oxygens (including phenoxy) is 1. The maximum Gasteiger partial charge on any atom is 0.253 e. The van der Waals surface area contributed by atoms with E-state index < -0.39 is 0 Å². The van der Waals surface area contributed by atoms with Crippen molar-refractivity contribution in [3.8, 4) is 11.1 Å². The molecule has 0 spiro atoms. The van der Waals surface area contributed by atoms with E-state index in [2.05, 4.69) is 57.2 Å². The number of methoxy groups -OCH3 is 1. The van der Waals surface area contributed by atoms with Crippen LogP contribution in [0.3, 0.4) is 0 Å². The van der Waals surface area contributed by atoms with Crippen molar-refractivity contribution in [2.24, 2.45) is 0 Å². The number of halogens is 1. The number of H-pyrrole nitrogens is 1. The Labute approximate surface area is 279 Å². The van der Waals surface area contributed by atoms with Crippen LogP contribution >= 0.6 is 11.6 Å². The summed E-state index contributed by atoms with van der Waals surface area (Å²) in [6.07, 6.45) is 4.63. The predicted octanol–water partition coefficient (Wildman–Crippen LogP) is 6.08. The van der Waals surface area contributed by atoms with Gasteiger partial charge >= 0.3 is 0 Å². The number of piperidine rings is 2. The van der Waals surface area contributed by atoms with Gasteiger partial charge in [-0.3, -0.25) is 14.5 Å². The molecule has 2 N–H and O–H groups in total. The molecule has 0 saturated carbocycles. The number of rotatable bonds is 10. The van der Waals surface area contributed by atoms with Gasteiger partial charge in [-0.05, 0) is 132 Å². The Morgan fingerprint density at radius 1 is 1.07 bits per heavy atom. The van der Waals surface area contributed by atoms with Crippen LogP contribution in [0.5, 0.6) is 0 Å². The van der Waals surface area contributed by atoms with Crippen LogP contribution in [-0.2, 0) is 17.8 Å². The Kier molecular flexibility index (Phi) is 11.3. The summed E-state index contributed by atoms with van der Waals surface area (Å²) in [6.45, 7) is 13.8. The zero-order valence-electron chi connectivity index (χ0n) is 28.3. The summed E-state index contributed by atoms with van der Waals surface area (Å²) in [6, 6.07) is 12.8. The molecule has 2 fully saturated rings. The average molecular weight is 648 g/mol. The number of nitrogens with one attached hydrogen (secondary N) is 2. The van der Waals surface area contributed by atoms with E-state index in [1.807, 2.05) is 39.0 Å². The molecule has 1 amide bonds. The molecule has 9 heteroatoms. The van der Waals surface area contributed by atoms with Gasteiger partial charge in [-0.1, -0.05) is 23.7 Å². The lowest BCUT2D eigenvalue weighted by Crippen LogP contribution is -2.44. The molecule has 2 aliphatic rings. The molecule has 2 saturated heterocycles. The second-order valence-corrected chi connectivity index (χ2v) is 13.6. The van der Waals surface area contributed by atoms with E-state index in [4.69, 9.17) is 16.3 Å². The summed E-state index contributed by atoms with van der Waals surface area (Å²) in [7, 11) is 3.96. The van der Waals surface area contributed by atoms with Crippen LogP contribution in [0.4, 0.5) is 5.69 Å². The van der Waals surface area contributed by atoms with E-state index in [0.717, 1.165) is 109 Å². The lowest BCUT2D eigenvalue weighted by Gasteiger charge is -2.39. The maximum absolute atomic E-state index is 13.9. The standard InChI is InChI=1S/C37H50ClN5O3/c1-7-43(30-12-15-41(5)16-13-30)35-20-29(27-10-11-28(34(38)19-27)22-42-14-8-9-31(23-42)46-6)18-32(26(35)4)36(44)39-21-33-24(2)17-25(3)40-37(33)45/h10-11,17-20,30-31H,7-9,12-16,21-23H2,1-6H3,(H,39,44)(H,40,45). The normalized spacial score (nSPS) is 18.1. The smallest absolute Gasteiger partial charge is 0.253 e. The topological polar surface area (TPSA) is 80.9 Å². The third-order valence-electron chi connectivity index (χ3n) is 9.90. The minimum atomic E-state index is -0.195. The number of amides is 1. The zero-order valence-corrected chi connectivity index (χ0v) is 29.1. The summed E-state index contributed by atoms with van der Waals surface area (Å²) in [4.78, 5) is 36.7. The fourth-order valence-corrected chi connectivity index (χ4v) is 7.38. The monoisotopic (exact) mass is 647 g/mol. The highest BCUT2D eigenvalue weighted by Crippen LogP contribution is 2.35. The molecule has 0 bridgehead atoms. The van der Waals surface area contributed by atoms with Crippen LogP contribution in [0.2, 0.25) is 5.02 Å². The average Bonchev–Trinajstić information content (AvgIpc) is 3.03. The lowest BCUT2D eigenvalue weighted by molar-refractivity contribution is 0.0285. The van der Waals surface area contributed by atoms with Gasteiger partial charge in [0.1, 0.15) is 0 Å². The Morgan fingerprint density at radius 2 is 1.83 bits per heavy atom. The number of aromatic amines is 1.